The van der Waals surface area contributed by atoms with Gasteiger partial charge in [0.15, 0.2) is 0 Å². The van der Waals surface area contributed by atoms with Gasteiger partial charge in [-0.3, -0.25) is 4.79 Å². The predicted molar refractivity (Wildman–Crippen MR) is 67.2 cm³/mol. The highest BCUT2D eigenvalue weighted by atomic mass is 19.1. The SMILES string of the molecule is CC(C(=O)N1CCCC1C(=O)O)c1cccc(F)c1. The number of carboxylic acids is 1. The third-order valence-electron chi connectivity index (χ3n) is 3.54. The van der Waals surface area contributed by atoms with Crippen LogP contribution < -0.4 is 0 Å². The number of halogens is 1. The lowest BCUT2D eigenvalue weighted by molar-refractivity contribution is -0.148. The molecule has 19 heavy (non-hydrogen) atoms. The van der Waals surface area contributed by atoms with E-state index in [2.05, 4.69) is 0 Å². The predicted octanol–water partition coefficient (Wildman–Crippen LogP) is 2.00. The van der Waals surface area contributed by atoms with Crippen LogP contribution >= 0.6 is 0 Å². The number of hydrogen-bond acceptors (Lipinski definition) is 2. The molecule has 2 rings (SSSR count). The van der Waals surface area contributed by atoms with Crippen LogP contribution in [-0.4, -0.2) is 34.5 Å². The van der Waals surface area contributed by atoms with E-state index >= 15 is 0 Å². The number of carbonyl (C=O) groups is 2. The van der Waals surface area contributed by atoms with E-state index in [1.807, 2.05) is 0 Å². The fourth-order valence-electron chi connectivity index (χ4n) is 2.45. The summed E-state index contributed by atoms with van der Waals surface area (Å²) in [6.45, 7) is 2.13. The van der Waals surface area contributed by atoms with E-state index in [9.17, 15) is 14.0 Å². The van der Waals surface area contributed by atoms with E-state index in [0.29, 0.717) is 24.9 Å². The zero-order valence-electron chi connectivity index (χ0n) is 10.7. The fourth-order valence-corrected chi connectivity index (χ4v) is 2.45. The molecule has 1 aromatic carbocycles. The molecule has 5 heteroatoms. The van der Waals surface area contributed by atoms with Gasteiger partial charge in [0.1, 0.15) is 11.9 Å². The van der Waals surface area contributed by atoms with Crippen LogP contribution in [0.15, 0.2) is 24.3 Å². The molecule has 1 aliphatic heterocycles. The Labute approximate surface area is 110 Å². The number of nitrogens with zero attached hydrogens (tertiary/aromatic N) is 1. The smallest absolute Gasteiger partial charge is 0.326 e. The van der Waals surface area contributed by atoms with E-state index in [1.165, 1.54) is 17.0 Å². The number of benzene rings is 1. The van der Waals surface area contributed by atoms with Crippen molar-refractivity contribution in [2.24, 2.45) is 0 Å². The quantitative estimate of drug-likeness (QED) is 0.909. The molecule has 2 atom stereocenters. The maximum atomic E-state index is 13.2. The minimum absolute atomic E-state index is 0.254. The molecule has 2 unspecified atom stereocenters. The van der Waals surface area contributed by atoms with E-state index in [-0.39, 0.29) is 5.91 Å². The van der Waals surface area contributed by atoms with Gasteiger partial charge in [-0.1, -0.05) is 12.1 Å². The van der Waals surface area contributed by atoms with Crippen molar-refractivity contribution in [3.05, 3.63) is 35.6 Å². The van der Waals surface area contributed by atoms with Crippen molar-refractivity contribution in [2.45, 2.75) is 31.7 Å². The molecule has 1 saturated heterocycles. The number of rotatable bonds is 3. The summed E-state index contributed by atoms with van der Waals surface area (Å²) >= 11 is 0. The summed E-state index contributed by atoms with van der Waals surface area (Å²) in [6.07, 6.45) is 1.18. The minimum atomic E-state index is -0.975. The molecule has 1 fully saturated rings. The first-order chi connectivity index (χ1) is 9.00. The summed E-state index contributed by atoms with van der Waals surface area (Å²) < 4.78 is 13.2. The molecule has 0 aromatic heterocycles. The van der Waals surface area contributed by atoms with Crippen molar-refractivity contribution >= 4 is 11.9 Å². The van der Waals surface area contributed by atoms with Gasteiger partial charge in [0.25, 0.3) is 0 Å². The van der Waals surface area contributed by atoms with Crippen molar-refractivity contribution in [1.29, 1.82) is 0 Å². The standard InChI is InChI=1S/C14H16FNO3/c1-9(10-4-2-5-11(15)8-10)13(17)16-7-3-6-12(16)14(18)19/h2,4-5,8-9,12H,3,6-7H2,1H3,(H,18,19). The highest BCUT2D eigenvalue weighted by Gasteiger charge is 2.36. The first-order valence-electron chi connectivity index (χ1n) is 6.29. The van der Waals surface area contributed by atoms with Gasteiger partial charge in [0.2, 0.25) is 5.91 Å². The second-order valence-electron chi connectivity index (χ2n) is 4.80. The Kier molecular flexibility index (Phi) is 3.83. The average molecular weight is 265 g/mol. The van der Waals surface area contributed by atoms with Gasteiger partial charge < -0.3 is 10.0 Å². The van der Waals surface area contributed by atoms with Gasteiger partial charge >= 0.3 is 5.97 Å². The van der Waals surface area contributed by atoms with Gasteiger partial charge in [0, 0.05) is 6.54 Å². The third-order valence-corrected chi connectivity index (χ3v) is 3.54. The van der Waals surface area contributed by atoms with Crippen LogP contribution in [0.1, 0.15) is 31.2 Å². The lowest BCUT2D eigenvalue weighted by atomic mass is 9.99. The minimum Gasteiger partial charge on any atom is -0.480 e. The van der Waals surface area contributed by atoms with Gasteiger partial charge in [-0.05, 0) is 37.5 Å². The average Bonchev–Trinajstić information content (AvgIpc) is 2.86. The third kappa shape index (κ3) is 2.75. The molecule has 0 aliphatic carbocycles. The Balaban J connectivity index is 2.17. The van der Waals surface area contributed by atoms with Crippen LogP contribution in [0, 0.1) is 5.82 Å². The summed E-state index contributed by atoms with van der Waals surface area (Å²) in [5.41, 5.74) is 0.570. The molecule has 0 radical (unpaired) electrons. The van der Waals surface area contributed by atoms with Gasteiger partial charge in [-0.15, -0.1) is 0 Å². The number of amides is 1. The fraction of sp³-hybridized carbons (Fsp3) is 0.429. The number of aliphatic carboxylic acids is 1. The molecule has 1 N–H and O–H groups in total. The highest BCUT2D eigenvalue weighted by Crippen LogP contribution is 2.25. The first kappa shape index (κ1) is 13.5. The molecule has 1 aliphatic rings. The van der Waals surface area contributed by atoms with Crippen LogP contribution in [0.5, 0.6) is 0 Å². The topological polar surface area (TPSA) is 57.6 Å². The Hall–Kier alpha value is -1.91. The molecular formula is C14H16FNO3. The summed E-state index contributed by atoms with van der Waals surface area (Å²) in [6, 6.07) is 5.11. The molecular weight excluding hydrogens is 249 g/mol. The van der Waals surface area contributed by atoms with E-state index in [0.717, 1.165) is 0 Å². The van der Waals surface area contributed by atoms with Crippen LogP contribution in [0.25, 0.3) is 0 Å². The number of carbonyl (C=O) groups excluding carboxylic acids is 1. The summed E-state index contributed by atoms with van der Waals surface area (Å²) in [7, 11) is 0. The second-order valence-corrected chi connectivity index (χ2v) is 4.80. The van der Waals surface area contributed by atoms with Crippen LogP contribution in [0.2, 0.25) is 0 Å². The highest BCUT2D eigenvalue weighted by molar-refractivity contribution is 5.88. The second kappa shape index (κ2) is 5.38. The Morgan fingerprint density at radius 1 is 1.47 bits per heavy atom. The molecule has 1 aromatic rings. The number of carboxylic acid groups (broad SMARTS) is 1. The zero-order valence-corrected chi connectivity index (χ0v) is 10.7. The van der Waals surface area contributed by atoms with Gasteiger partial charge in [-0.2, -0.15) is 0 Å². The maximum Gasteiger partial charge on any atom is 0.326 e. The van der Waals surface area contributed by atoms with Crippen LogP contribution in [0.4, 0.5) is 4.39 Å². The number of likely N-dealkylation sites (tertiary alicyclic amines) is 1. The Morgan fingerprint density at radius 2 is 2.21 bits per heavy atom. The molecule has 0 saturated carbocycles. The van der Waals surface area contributed by atoms with Crippen molar-refractivity contribution < 1.29 is 19.1 Å². The van der Waals surface area contributed by atoms with Gasteiger partial charge in [-0.25, -0.2) is 9.18 Å². The van der Waals surface area contributed by atoms with Crippen LogP contribution in [0.3, 0.4) is 0 Å². The molecule has 0 spiro atoms. The first-order valence-corrected chi connectivity index (χ1v) is 6.29. The van der Waals surface area contributed by atoms with Crippen molar-refractivity contribution in [1.82, 2.24) is 4.90 Å². The van der Waals surface area contributed by atoms with Crippen LogP contribution in [-0.2, 0) is 9.59 Å². The van der Waals surface area contributed by atoms with Crippen molar-refractivity contribution in [2.75, 3.05) is 6.54 Å². The molecule has 102 valence electrons. The monoisotopic (exact) mass is 265 g/mol. The summed E-state index contributed by atoms with van der Waals surface area (Å²) in [5, 5.41) is 9.08. The van der Waals surface area contributed by atoms with Crippen molar-refractivity contribution in [3.63, 3.8) is 0 Å². The van der Waals surface area contributed by atoms with Gasteiger partial charge in [0.05, 0.1) is 5.92 Å². The van der Waals surface area contributed by atoms with E-state index in [1.54, 1.807) is 19.1 Å². The zero-order chi connectivity index (χ0) is 14.0. The summed E-state index contributed by atoms with van der Waals surface area (Å²) in [5.74, 6) is -2.16. The Bertz CT molecular complexity index is 503. The lowest BCUT2D eigenvalue weighted by Gasteiger charge is -2.25. The Morgan fingerprint density at radius 3 is 2.84 bits per heavy atom. The largest absolute Gasteiger partial charge is 0.480 e. The molecule has 4 nitrogen and oxygen atoms in total. The maximum absolute atomic E-state index is 13.2. The van der Waals surface area contributed by atoms with E-state index < -0.39 is 23.7 Å². The summed E-state index contributed by atoms with van der Waals surface area (Å²) in [4.78, 5) is 24.8. The van der Waals surface area contributed by atoms with E-state index in [4.69, 9.17) is 5.11 Å². The molecule has 1 heterocycles. The number of hydrogen-bond donors (Lipinski definition) is 1. The van der Waals surface area contributed by atoms with Crippen molar-refractivity contribution in [3.8, 4) is 0 Å². The molecule has 1 amide bonds. The lowest BCUT2D eigenvalue weighted by Crippen LogP contribution is -2.42. The normalized spacial score (nSPS) is 20.3. The molecule has 0 bridgehead atoms.